The molecule has 1 aliphatic rings. The summed E-state index contributed by atoms with van der Waals surface area (Å²) in [6, 6.07) is -1.19. The SMILES string of the molecule is CCCC(=O)NC(CNC1C/C=C\CC(O)C(O)C1O)C(O)CC(O)CC. The highest BCUT2D eigenvalue weighted by Crippen LogP contribution is 2.15. The van der Waals surface area contributed by atoms with Crippen molar-refractivity contribution in [1.82, 2.24) is 10.6 Å². The van der Waals surface area contributed by atoms with Crippen molar-refractivity contribution in [2.24, 2.45) is 0 Å². The van der Waals surface area contributed by atoms with Crippen LogP contribution in [0.3, 0.4) is 0 Å². The van der Waals surface area contributed by atoms with Crippen molar-refractivity contribution in [3.8, 4) is 0 Å². The van der Waals surface area contributed by atoms with E-state index in [9.17, 15) is 30.3 Å². The lowest BCUT2D eigenvalue weighted by Gasteiger charge is -2.33. The van der Waals surface area contributed by atoms with Gasteiger partial charge in [0.25, 0.3) is 0 Å². The molecule has 7 unspecified atom stereocenters. The van der Waals surface area contributed by atoms with Gasteiger partial charge < -0.3 is 36.2 Å². The Morgan fingerprint density at radius 1 is 1.11 bits per heavy atom. The Hall–Kier alpha value is -1.03. The molecule has 1 amide bonds. The Bertz CT molecular complexity index is 461. The minimum atomic E-state index is -1.28. The Labute approximate surface area is 161 Å². The number of carbonyl (C=O) groups excluding carboxylic acids is 1. The molecule has 7 N–H and O–H groups in total. The van der Waals surface area contributed by atoms with Crippen LogP contribution in [0.1, 0.15) is 52.4 Å². The molecule has 7 atom stereocenters. The number of nitrogens with one attached hydrogen (secondary N) is 2. The predicted octanol–water partition coefficient (Wildman–Crippen LogP) is -0.816. The lowest BCUT2D eigenvalue weighted by molar-refractivity contribution is -0.123. The van der Waals surface area contributed by atoms with Gasteiger partial charge >= 0.3 is 0 Å². The van der Waals surface area contributed by atoms with Crippen LogP contribution in [0.4, 0.5) is 0 Å². The first-order chi connectivity index (χ1) is 12.8. The second-order valence-corrected chi connectivity index (χ2v) is 7.30. The topological polar surface area (TPSA) is 142 Å². The molecule has 158 valence electrons. The summed E-state index contributed by atoms with van der Waals surface area (Å²) in [5.41, 5.74) is 0. The van der Waals surface area contributed by atoms with Crippen molar-refractivity contribution in [2.45, 2.75) is 95.0 Å². The molecule has 0 aliphatic heterocycles. The third-order valence-corrected chi connectivity index (χ3v) is 4.96. The van der Waals surface area contributed by atoms with Crippen LogP contribution in [-0.2, 0) is 4.79 Å². The van der Waals surface area contributed by atoms with Gasteiger partial charge in [-0.1, -0.05) is 26.0 Å². The second kappa shape index (κ2) is 12.4. The number of aliphatic hydroxyl groups excluding tert-OH is 5. The minimum Gasteiger partial charge on any atom is -0.393 e. The van der Waals surface area contributed by atoms with Gasteiger partial charge in [-0.05, 0) is 25.7 Å². The van der Waals surface area contributed by atoms with E-state index in [4.69, 9.17) is 0 Å². The fourth-order valence-corrected chi connectivity index (χ4v) is 3.10. The van der Waals surface area contributed by atoms with E-state index in [1.54, 1.807) is 6.08 Å². The Kier molecular flexibility index (Phi) is 11.1. The lowest BCUT2D eigenvalue weighted by Crippen LogP contribution is -2.56. The molecule has 1 aliphatic carbocycles. The van der Waals surface area contributed by atoms with Crippen LogP contribution >= 0.6 is 0 Å². The van der Waals surface area contributed by atoms with Crippen LogP contribution in [0.5, 0.6) is 0 Å². The third kappa shape index (κ3) is 8.25. The van der Waals surface area contributed by atoms with Crippen molar-refractivity contribution in [3.05, 3.63) is 12.2 Å². The number of hydrogen-bond acceptors (Lipinski definition) is 7. The molecule has 0 saturated carbocycles. The Morgan fingerprint density at radius 3 is 2.41 bits per heavy atom. The van der Waals surface area contributed by atoms with Crippen LogP contribution in [0, 0.1) is 0 Å². The van der Waals surface area contributed by atoms with E-state index in [0.717, 1.165) is 0 Å². The summed E-state index contributed by atoms with van der Waals surface area (Å²) < 4.78 is 0. The summed E-state index contributed by atoms with van der Waals surface area (Å²) in [4.78, 5) is 12.0. The van der Waals surface area contributed by atoms with Crippen LogP contribution in [-0.4, -0.2) is 80.6 Å². The maximum absolute atomic E-state index is 12.0. The van der Waals surface area contributed by atoms with Crippen molar-refractivity contribution in [2.75, 3.05) is 6.54 Å². The molecule has 8 nitrogen and oxygen atoms in total. The van der Waals surface area contributed by atoms with E-state index in [1.165, 1.54) is 0 Å². The zero-order valence-corrected chi connectivity index (χ0v) is 16.3. The summed E-state index contributed by atoms with van der Waals surface area (Å²) in [7, 11) is 0. The lowest BCUT2D eigenvalue weighted by atomic mass is 9.93. The summed E-state index contributed by atoms with van der Waals surface area (Å²) in [5.74, 6) is -0.192. The number of carbonyl (C=O) groups is 1. The molecule has 0 aromatic carbocycles. The molecule has 0 radical (unpaired) electrons. The molecular formula is C19H36N2O6. The Morgan fingerprint density at radius 2 is 1.78 bits per heavy atom. The molecule has 0 heterocycles. The van der Waals surface area contributed by atoms with Crippen molar-refractivity contribution in [3.63, 3.8) is 0 Å². The van der Waals surface area contributed by atoms with Gasteiger partial charge in [-0.3, -0.25) is 4.79 Å². The molecule has 0 saturated heterocycles. The number of hydrogen-bond donors (Lipinski definition) is 7. The van der Waals surface area contributed by atoms with Crippen LogP contribution in [0.25, 0.3) is 0 Å². The minimum absolute atomic E-state index is 0.129. The first kappa shape index (κ1) is 24.0. The molecule has 27 heavy (non-hydrogen) atoms. The molecule has 1 rings (SSSR count). The molecule has 0 fully saturated rings. The number of amides is 1. The summed E-state index contributed by atoms with van der Waals surface area (Å²) in [6.45, 7) is 3.85. The monoisotopic (exact) mass is 388 g/mol. The van der Waals surface area contributed by atoms with E-state index in [-0.39, 0.29) is 25.3 Å². The van der Waals surface area contributed by atoms with E-state index in [0.29, 0.717) is 25.7 Å². The van der Waals surface area contributed by atoms with E-state index < -0.39 is 42.6 Å². The van der Waals surface area contributed by atoms with Gasteiger partial charge in [0.05, 0.1) is 30.5 Å². The molecule has 0 aromatic rings. The van der Waals surface area contributed by atoms with Crippen molar-refractivity contribution < 1.29 is 30.3 Å². The summed E-state index contributed by atoms with van der Waals surface area (Å²) >= 11 is 0. The molecule has 0 bridgehead atoms. The van der Waals surface area contributed by atoms with Gasteiger partial charge in [0.15, 0.2) is 0 Å². The zero-order chi connectivity index (χ0) is 20.4. The molecule has 0 spiro atoms. The normalized spacial score (nSPS) is 30.6. The number of aliphatic hydroxyl groups is 5. The van der Waals surface area contributed by atoms with E-state index in [1.807, 2.05) is 19.9 Å². The Balaban J connectivity index is 2.76. The number of rotatable bonds is 10. The van der Waals surface area contributed by atoms with Gasteiger partial charge in [-0.15, -0.1) is 0 Å². The van der Waals surface area contributed by atoms with Gasteiger partial charge in [0, 0.05) is 25.4 Å². The summed E-state index contributed by atoms with van der Waals surface area (Å²) in [6.07, 6.45) is 0.771. The second-order valence-electron chi connectivity index (χ2n) is 7.30. The fraction of sp³-hybridized carbons (Fsp3) is 0.842. The average Bonchev–Trinajstić information content (AvgIpc) is 2.64. The smallest absolute Gasteiger partial charge is 0.220 e. The fourth-order valence-electron chi connectivity index (χ4n) is 3.10. The van der Waals surface area contributed by atoms with Crippen LogP contribution in [0.15, 0.2) is 12.2 Å². The third-order valence-electron chi connectivity index (χ3n) is 4.96. The highest BCUT2D eigenvalue weighted by molar-refractivity contribution is 5.76. The quantitative estimate of drug-likeness (QED) is 0.243. The molecule has 0 aromatic heterocycles. The predicted molar refractivity (Wildman–Crippen MR) is 102 cm³/mol. The first-order valence-electron chi connectivity index (χ1n) is 9.88. The highest BCUT2D eigenvalue weighted by Gasteiger charge is 2.32. The van der Waals surface area contributed by atoms with Crippen molar-refractivity contribution >= 4 is 5.91 Å². The molecular weight excluding hydrogens is 352 g/mol. The molecule has 8 heteroatoms. The largest absolute Gasteiger partial charge is 0.393 e. The van der Waals surface area contributed by atoms with E-state index in [2.05, 4.69) is 10.6 Å². The first-order valence-corrected chi connectivity index (χ1v) is 9.88. The van der Waals surface area contributed by atoms with Crippen LogP contribution in [0.2, 0.25) is 0 Å². The van der Waals surface area contributed by atoms with Gasteiger partial charge in [-0.25, -0.2) is 0 Å². The van der Waals surface area contributed by atoms with E-state index >= 15 is 0 Å². The summed E-state index contributed by atoms with van der Waals surface area (Å²) in [5, 5.41) is 56.3. The van der Waals surface area contributed by atoms with Crippen LogP contribution < -0.4 is 10.6 Å². The zero-order valence-electron chi connectivity index (χ0n) is 16.3. The van der Waals surface area contributed by atoms with Gasteiger partial charge in [-0.2, -0.15) is 0 Å². The standard InChI is InChI=1S/C19H36N2O6/c1-3-7-17(25)21-14(16(24)10-12(22)4-2)11-20-13-8-5-6-9-15(23)19(27)18(13)26/h5-6,12-16,18-20,22-24,26-27H,3-4,7-11H2,1-2H3,(H,21,25)/b6-5-. The highest BCUT2D eigenvalue weighted by atomic mass is 16.4. The maximum Gasteiger partial charge on any atom is 0.220 e. The maximum atomic E-state index is 12.0. The average molecular weight is 389 g/mol. The van der Waals surface area contributed by atoms with Gasteiger partial charge in [0.2, 0.25) is 5.91 Å². The van der Waals surface area contributed by atoms with Gasteiger partial charge in [0.1, 0.15) is 6.10 Å². The van der Waals surface area contributed by atoms with Crippen molar-refractivity contribution in [1.29, 1.82) is 0 Å².